The summed E-state index contributed by atoms with van der Waals surface area (Å²) in [4.78, 5) is 22.9. The van der Waals surface area contributed by atoms with E-state index in [0.29, 0.717) is 11.3 Å². The number of carbonyl (C=O) groups excluding carboxylic acids is 1. The quantitative estimate of drug-likeness (QED) is 0.875. The molecule has 0 radical (unpaired) electrons. The number of carbonyl (C=O) groups is 2. The lowest BCUT2D eigenvalue weighted by Crippen LogP contribution is -2.28. The van der Waals surface area contributed by atoms with Crippen molar-refractivity contribution in [2.45, 2.75) is 45.6 Å². The minimum Gasteiger partial charge on any atom is -0.481 e. The molecule has 21 heavy (non-hydrogen) atoms. The van der Waals surface area contributed by atoms with Gasteiger partial charge in [-0.1, -0.05) is 12.1 Å². The SMILES string of the molecule is CC(C)(C)OCC(=O)Nc1ccc(C(C)(C)C(=O)O)cc1. The van der Waals surface area contributed by atoms with Crippen LogP contribution >= 0.6 is 0 Å². The third kappa shape index (κ3) is 5.19. The largest absolute Gasteiger partial charge is 0.481 e. The number of anilines is 1. The molecule has 0 spiro atoms. The van der Waals surface area contributed by atoms with E-state index in [9.17, 15) is 9.59 Å². The van der Waals surface area contributed by atoms with Crippen LogP contribution < -0.4 is 5.32 Å². The Morgan fingerprint density at radius 3 is 2.05 bits per heavy atom. The van der Waals surface area contributed by atoms with Crippen LogP contribution in [0.5, 0.6) is 0 Å². The van der Waals surface area contributed by atoms with Gasteiger partial charge in [0.1, 0.15) is 6.61 Å². The van der Waals surface area contributed by atoms with Crippen LogP contribution in [-0.4, -0.2) is 29.2 Å². The Morgan fingerprint density at radius 2 is 1.62 bits per heavy atom. The molecule has 5 heteroatoms. The summed E-state index contributed by atoms with van der Waals surface area (Å²) in [6.07, 6.45) is 0. The highest BCUT2D eigenvalue weighted by atomic mass is 16.5. The number of nitrogens with one attached hydrogen (secondary N) is 1. The Labute approximate surface area is 125 Å². The van der Waals surface area contributed by atoms with E-state index in [1.54, 1.807) is 38.1 Å². The predicted octanol–water partition coefficient (Wildman–Crippen LogP) is 2.80. The molecule has 0 aromatic heterocycles. The molecule has 5 nitrogen and oxygen atoms in total. The summed E-state index contributed by atoms with van der Waals surface area (Å²) in [6, 6.07) is 6.78. The fourth-order valence-electron chi connectivity index (χ4n) is 1.57. The van der Waals surface area contributed by atoms with Crippen LogP contribution in [-0.2, 0) is 19.7 Å². The number of ether oxygens (including phenoxy) is 1. The Balaban J connectivity index is 2.67. The smallest absolute Gasteiger partial charge is 0.313 e. The molecule has 1 aromatic rings. The number of carboxylic acid groups (broad SMARTS) is 1. The summed E-state index contributed by atoms with van der Waals surface area (Å²) in [7, 11) is 0. The lowest BCUT2D eigenvalue weighted by molar-refractivity contribution is -0.142. The molecule has 0 fully saturated rings. The number of amides is 1. The number of aliphatic carboxylic acids is 1. The van der Waals surface area contributed by atoms with Crippen LogP contribution in [0, 0.1) is 0 Å². The third-order valence-corrected chi connectivity index (χ3v) is 3.06. The zero-order valence-electron chi connectivity index (χ0n) is 13.2. The Bertz CT molecular complexity index is 512. The van der Waals surface area contributed by atoms with E-state index in [0.717, 1.165) is 0 Å². The molecule has 0 heterocycles. The van der Waals surface area contributed by atoms with Gasteiger partial charge < -0.3 is 15.2 Å². The highest BCUT2D eigenvalue weighted by molar-refractivity contribution is 5.91. The van der Waals surface area contributed by atoms with Crippen molar-refractivity contribution < 1.29 is 19.4 Å². The van der Waals surface area contributed by atoms with E-state index in [1.807, 2.05) is 20.8 Å². The van der Waals surface area contributed by atoms with Crippen molar-refractivity contribution in [1.82, 2.24) is 0 Å². The zero-order chi connectivity index (χ0) is 16.3. The van der Waals surface area contributed by atoms with Crippen molar-refractivity contribution in [3.05, 3.63) is 29.8 Å². The fraction of sp³-hybridized carbons (Fsp3) is 0.500. The first-order chi connectivity index (χ1) is 9.52. The lowest BCUT2D eigenvalue weighted by atomic mass is 9.85. The average molecular weight is 293 g/mol. The molecular formula is C16H23NO4. The molecule has 0 aliphatic heterocycles. The van der Waals surface area contributed by atoms with Gasteiger partial charge in [-0.2, -0.15) is 0 Å². The summed E-state index contributed by atoms with van der Waals surface area (Å²) in [5.41, 5.74) is -0.0358. The molecular weight excluding hydrogens is 270 g/mol. The van der Waals surface area contributed by atoms with Crippen molar-refractivity contribution >= 4 is 17.6 Å². The molecule has 0 aliphatic rings. The normalized spacial score (nSPS) is 12.0. The molecule has 1 aromatic carbocycles. The predicted molar refractivity (Wildman–Crippen MR) is 81.4 cm³/mol. The van der Waals surface area contributed by atoms with Gasteiger partial charge in [0.2, 0.25) is 5.91 Å². The maximum Gasteiger partial charge on any atom is 0.313 e. The second kappa shape index (κ2) is 6.26. The lowest BCUT2D eigenvalue weighted by Gasteiger charge is -2.20. The summed E-state index contributed by atoms with van der Waals surface area (Å²) >= 11 is 0. The van der Waals surface area contributed by atoms with Crippen molar-refractivity contribution in [1.29, 1.82) is 0 Å². The summed E-state index contributed by atoms with van der Waals surface area (Å²) in [5.74, 6) is -1.13. The molecule has 0 bridgehead atoms. The standard InChI is InChI=1S/C16H23NO4/c1-15(2,3)21-10-13(18)17-12-8-6-11(7-9-12)16(4,5)14(19)20/h6-9H,10H2,1-5H3,(H,17,18)(H,19,20). The van der Waals surface area contributed by atoms with Gasteiger partial charge in [-0.3, -0.25) is 9.59 Å². The molecule has 2 N–H and O–H groups in total. The Hall–Kier alpha value is -1.88. The van der Waals surface area contributed by atoms with Gasteiger partial charge >= 0.3 is 5.97 Å². The molecule has 0 saturated carbocycles. The summed E-state index contributed by atoms with van der Waals surface area (Å²) < 4.78 is 5.38. The van der Waals surface area contributed by atoms with Crippen molar-refractivity contribution in [3.63, 3.8) is 0 Å². The number of hydrogen-bond acceptors (Lipinski definition) is 3. The molecule has 0 saturated heterocycles. The average Bonchev–Trinajstić information content (AvgIpc) is 2.36. The summed E-state index contributed by atoms with van der Waals surface area (Å²) in [5, 5.41) is 11.9. The van der Waals surface area contributed by atoms with Gasteiger partial charge in [-0.15, -0.1) is 0 Å². The van der Waals surface area contributed by atoms with Gasteiger partial charge in [0.25, 0.3) is 0 Å². The van der Waals surface area contributed by atoms with Gasteiger partial charge in [0, 0.05) is 5.69 Å². The molecule has 0 unspecified atom stereocenters. The van der Waals surface area contributed by atoms with E-state index in [4.69, 9.17) is 9.84 Å². The van der Waals surface area contributed by atoms with Crippen molar-refractivity contribution in [3.8, 4) is 0 Å². The number of rotatable bonds is 5. The van der Waals surface area contributed by atoms with E-state index in [2.05, 4.69) is 5.32 Å². The highest BCUT2D eigenvalue weighted by Crippen LogP contribution is 2.24. The molecule has 116 valence electrons. The first-order valence-corrected chi connectivity index (χ1v) is 6.80. The van der Waals surface area contributed by atoms with Crippen LogP contribution in [0.2, 0.25) is 0 Å². The minimum absolute atomic E-state index is 0.0220. The topological polar surface area (TPSA) is 75.6 Å². The number of carboxylic acids is 1. The van der Waals surface area contributed by atoms with Crippen molar-refractivity contribution in [2.75, 3.05) is 11.9 Å². The molecule has 1 amide bonds. The van der Waals surface area contributed by atoms with E-state index >= 15 is 0 Å². The van der Waals surface area contributed by atoms with Gasteiger partial charge in [0.05, 0.1) is 11.0 Å². The van der Waals surface area contributed by atoms with Crippen LogP contribution in [0.4, 0.5) is 5.69 Å². The first kappa shape index (κ1) is 17.2. The third-order valence-electron chi connectivity index (χ3n) is 3.06. The minimum atomic E-state index is -0.960. The number of benzene rings is 1. The van der Waals surface area contributed by atoms with Crippen LogP contribution in [0.25, 0.3) is 0 Å². The van der Waals surface area contributed by atoms with Gasteiger partial charge in [-0.05, 0) is 52.3 Å². The van der Waals surface area contributed by atoms with E-state index in [-0.39, 0.29) is 18.1 Å². The maximum absolute atomic E-state index is 11.7. The van der Waals surface area contributed by atoms with Gasteiger partial charge in [0.15, 0.2) is 0 Å². The molecule has 0 atom stereocenters. The molecule has 1 rings (SSSR count). The molecule has 0 aliphatic carbocycles. The summed E-state index contributed by atoms with van der Waals surface area (Å²) in [6.45, 7) is 8.89. The Kier molecular flexibility index (Phi) is 5.12. The van der Waals surface area contributed by atoms with E-state index in [1.165, 1.54) is 0 Å². The van der Waals surface area contributed by atoms with E-state index < -0.39 is 11.4 Å². The van der Waals surface area contributed by atoms with Gasteiger partial charge in [-0.25, -0.2) is 0 Å². The second-order valence-electron chi connectivity index (χ2n) is 6.46. The first-order valence-electron chi connectivity index (χ1n) is 6.80. The number of hydrogen-bond donors (Lipinski definition) is 2. The van der Waals surface area contributed by atoms with Crippen LogP contribution in [0.1, 0.15) is 40.2 Å². The van der Waals surface area contributed by atoms with Crippen LogP contribution in [0.15, 0.2) is 24.3 Å². The monoisotopic (exact) mass is 293 g/mol. The van der Waals surface area contributed by atoms with Crippen molar-refractivity contribution in [2.24, 2.45) is 0 Å². The maximum atomic E-state index is 11.7. The Morgan fingerprint density at radius 1 is 1.10 bits per heavy atom. The van der Waals surface area contributed by atoms with Crippen LogP contribution in [0.3, 0.4) is 0 Å². The fourth-order valence-corrected chi connectivity index (χ4v) is 1.57. The second-order valence-corrected chi connectivity index (χ2v) is 6.46. The highest BCUT2D eigenvalue weighted by Gasteiger charge is 2.29. The zero-order valence-corrected chi connectivity index (χ0v) is 13.2.